The van der Waals surface area contributed by atoms with Crippen molar-refractivity contribution in [3.05, 3.63) is 59.4 Å². The Balaban J connectivity index is 1.75. The molecule has 0 spiro atoms. The lowest BCUT2D eigenvalue weighted by molar-refractivity contribution is -0.134. The molecule has 0 saturated heterocycles. The van der Waals surface area contributed by atoms with Gasteiger partial charge < -0.3 is 9.64 Å². The lowest BCUT2D eigenvalue weighted by atomic mass is 9.95. The van der Waals surface area contributed by atoms with Gasteiger partial charge in [-0.3, -0.25) is 9.78 Å². The predicted molar refractivity (Wildman–Crippen MR) is 96.4 cm³/mol. The Hall–Kier alpha value is -2.36. The van der Waals surface area contributed by atoms with E-state index < -0.39 is 0 Å². The Morgan fingerprint density at radius 3 is 2.88 bits per heavy atom. The van der Waals surface area contributed by atoms with E-state index in [9.17, 15) is 4.79 Å². The van der Waals surface area contributed by atoms with E-state index in [1.165, 1.54) is 5.56 Å². The van der Waals surface area contributed by atoms with E-state index in [0.29, 0.717) is 12.5 Å². The predicted octanol–water partition coefficient (Wildman–Crippen LogP) is 3.61. The summed E-state index contributed by atoms with van der Waals surface area (Å²) in [6.45, 7) is 5.65. The van der Waals surface area contributed by atoms with E-state index in [0.717, 1.165) is 36.3 Å². The number of benzene rings is 1. The van der Waals surface area contributed by atoms with Crippen molar-refractivity contribution in [1.29, 1.82) is 0 Å². The van der Waals surface area contributed by atoms with E-state index >= 15 is 0 Å². The molecule has 0 unspecified atom stereocenters. The van der Waals surface area contributed by atoms with E-state index in [4.69, 9.17) is 4.74 Å². The number of aromatic nitrogens is 1. The number of rotatable bonds is 5. The summed E-state index contributed by atoms with van der Waals surface area (Å²) in [6, 6.07) is 10.2. The summed E-state index contributed by atoms with van der Waals surface area (Å²) in [6.07, 6.45) is 5.59. The molecule has 1 amide bonds. The molecule has 4 heteroatoms. The highest BCUT2D eigenvalue weighted by Crippen LogP contribution is 2.42. The largest absolute Gasteiger partial charge is 0.493 e. The summed E-state index contributed by atoms with van der Waals surface area (Å²) in [7, 11) is 0. The van der Waals surface area contributed by atoms with Crippen LogP contribution in [0.2, 0.25) is 0 Å². The molecule has 4 nitrogen and oxygen atoms in total. The van der Waals surface area contributed by atoms with Crippen molar-refractivity contribution in [2.45, 2.75) is 32.7 Å². The van der Waals surface area contributed by atoms with Crippen LogP contribution in [0, 0.1) is 11.8 Å². The standard InChI is InChI=1S/C21H24N2O2/c1-3-23(21(24)18-11-14(18)2)20(17-5-4-9-22-13-17)16-6-7-19-15(12-16)8-10-25-19/h4-7,9,12-14,18,20H,3,8,10-11H2,1-2H3/t14-,18+,20-/m0/s1. The maximum Gasteiger partial charge on any atom is 0.226 e. The molecule has 1 aliphatic carbocycles. The summed E-state index contributed by atoms with van der Waals surface area (Å²) in [5.41, 5.74) is 3.43. The number of hydrogen-bond acceptors (Lipinski definition) is 3. The first kappa shape index (κ1) is 16.1. The van der Waals surface area contributed by atoms with E-state index in [2.05, 4.69) is 37.0 Å². The van der Waals surface area contributed by atoms with Crippen LogP contribution in [0.4, 0.5) is 0 Å². The highest BCUT2D eigenvalue weighted by atomic mass is 16.5. The Bertz CT molecular complexity index is 775. The average Bonchev–Trinajstić information content (AvgIpc) is 3.19. The average molecular weight is 336 g/mol. The molecule has 3 atom stereocenters. The van der Waals surface area contributed by atoms with Gasteiger partial charge in [-0.25, -0.2) is 0 Å². The minimum absolute atomic E-state index is 0.0927. The summed E-state index contributed by atoms with van der Waals surface area (Å²) in [5, 5.41) is 0. The molecule has 1 aromatic heterocycles. The second-order valence-electron chi connectivity index (χ2n) is 7.10. The summed E-state index contributed by atoms with van der Waals surface area (Å²) in [4.78, 5) is 19.4. The van der Waals surface area contributed by atoms with Crippen LogP contribution < -0.4 is 4.74 Å². The van der Waals surface area contributed by atoms with Crippen molar-refractivity contribution in [3.8, 4) is 5.75 Å². The molecule has 0 radical (unpaired) electrons. The number of pyridine rings is 1. The molecular formula is C21H24N2O2. The SMILES string of the molecule is CCN(C(=O)[C@@H]1C[C@@H]1C)[C@H](c1cccnc1)c1ccc2c(c1)CCO2. The van der Waals surface area contributed by atoms with Crippen molar-refractivity contribution >= 4 is 5.91 Å². The van der Waals surface area contributed by atoms with Gasteiger partial charge in [-0.1, -0.05) is 19.1 Å². The summed E-state index contributed by atoms with van der Waals surface area (Å²) in [5.74, 6) is 1.92. The molecule has 1 aliphatic heterocycles. The molecule has 1 aromatic carbocycles. The van der Waals surface area contributed by atoms with Gasteiger partial charge in [0.15, 0.2) is 0 Å². The zero-order valence-corrected chi connectivity index (χ0v) is 14.8. The molecule has 2 aliphatic rings. The van der Waals surface area contributed by atoms with Gasteiger partial charge in [-0.2, -0.15) is 0 Å². The Morgan fingerprint density at radius 1 is 1.36 bits per heavy atom. The lowest BCUT2D eigenvalue weighted by Crippen LogP contribution is -2.37. The van der Waals surface area contributed by atoms with Crippen molar-refractivity contribution in [1.82, 2.24) is 9.88 Å². The minimum atomic E-state index is -0.0927. The van der Waals surface area contributed by atoms with Crippen molar-refractivity contribution in [3.63, 3.8) is 0 Å². The number of carbonyl (C=O) groups is 1. The van der Waals surface area contributed by atoms with Crippen LogP contribution in [-0.2, 0) is 11.2 Å². The third-order valence-electron chi connectivity index (χ3n) is 5.39. The molecule has 130 valence electrons. The van der Waals surface area contributed by atoms with Gasteiger partial charge in [0.05, 0.1) is 12.6 Å². The van der Waals surface area contributed by atoms with Crippen LogP contribution in [-0.4, -0.2) is 28.9 Å². The van der Waals surface area contributed by atoms with Gasteiger partial charge >= 0.3 is 0 Å². The monoisotopic (exact) mass is 336 g/mol. The molecule has 1 saturated carbocycles. The summed E-state index contributed by atoms with van der Waals surface area (Å²) >= 11 is 0. The Kier molecular flexibility index (Phi) is 4.20. The molecule has 2 heterocycles. The number of ether oxygens (including phenoxy) is 1. The van der Waals surface area contributed by atoms with Crippen LogP contribution in [0.3, 0.4) is 0 Å². The highest BCUT2D eigenvalue weighted by Gasteiger charge is 2.43. The second-order valence-corrected chi connectivity index (χ2v) is 7.10. The third-order valence-corrected chi connectivity index (χ3v) is 5.39. The van der Waals surface area contributed by atoms with Gasteiger partial charge in [-0.05, 0) is 54.2 Å². The van der Waals surface area contributed by atoms with E-state index in [-0.39, 0.29) is 17.9 Å². The highest BCUT2D eigenvalue weighted by molar-refractivity contribution is 5.82. The third kappa shape index (κ3) is 3.01. The maximum atomic E-state index is 13.0. The van der Waals surface area contributed by atoms with Crippen LogP contribution >= 0.6 is 0 Å². The van der Waals surface area contributed by atoms with Gasteiger partial charge in [0, 0.05) is 31.3 Å². The molecule has 2 aromatic rings. The second kappa shape index (κ2) is 6.51. The number of carbonyl (C=O) groups excluding carboxylic acids is 1. The fourth-order valence-electron chi connectivity index (χ4n) is 3.81. The van der Waals surface area contributed by atoms with E-state index in [1.807, 2.05) is 23.2 Å². The summed E-state index contributed by atoms with van der Waals surface area (Å²) < 4.78 is 5.64. The van der Waals surface area contributed by atoms with Crippen LogP contribution in [0.15, 0.2) is 42.7 Å². The van der Waals surface area contributed by atoms with E-state index in [1.54, 1.807) is 6.20 Å². The van der Waals surface area contributed by atoms with Crippen molar-refractivity contribution in [2.75, 3.05) is 13.2 Å². The maximum absolute atomic E-state index is 13.0. The molecule has 25 heavy (non-hydrogen) atoms. The zero-order valence-electron chi connectivity index (χ0n) is 14.8. The van der Waals surface area contributed by atoms with Gasteiger partial charge in [0.25, 0.3) is 0 Å². The quantitative estimate of drug-likeness (QED) is 0.838. The number of hydrogen-bond donors (Lipinski definition) is 0. The van der Waals surface area contributed by atoms with Gasteiger partial charge in [0.2, 0.25) is 5.91 Å². The topological polar surface area (TPSA) is 42.4 Å². The first-order valence-electron chi connectivity index (χ1n) is 9.15. The smallest absolute Gasteiger partial charge is 0.226 e. The molecular weight excluding hydrogens is 312 g/mol. The van der Waals surface area contributed by atoms with Gasteiger partial charge in [-0.15, -0.1) is 0 Å². The number of fused-ring (bicyclic) bond motifs is 1. The fourth-order valence-corrected chi connectivity index (χ4v) is 3.81. The van der Waals surface area contributed by atoms with Crippen LogP contribution in [0.25, 0.3) is 0 Å². The van der Waals surface area contributed by atoms with Gasteiger partial charge in [0.1, 0.15) is 5.75 Å². The first-order chi connectivity index (χ1) is 12.2. The molecule has 0 bridgehead atoms. The first-order valence-corrected chi connectivity index (χ1v) is 9.15. The van der Waals surface area contributed by atoms with Crippen molar-refractivity contribution in [2.24, 2.45) is 11.8 Å². The van der Waals surface area contributed by atoms with Crippen LogP contribution in [0.5, 0.6) is 5.75 Å². The minimum Gasteiger partial charge on any atom is -0.493 e. The number of amides is 1. The number of nitrogens with zero attached hydrogens (tertiary/aromatic N) is 2. The molecule has 0 N–H and O–H groups in total. The Labute approximate surface area is 148 Å². The zero-order chi connectivity index (χ0) is 17.4. The van der Waals surface area contributed by atoms with Crippen molar-refractivity contribution < 1.29 is 9.53 Å². The normalized spacial score (nSPS) is 22.0. The lowest BCUT2D eigenvalue weighted by Gasteiger charge is -2.32. The molecule has 4 rings (SSSR count). The molecule has 1 fully saturated rings. The Morgan fingerprint density at radius 2 is 2.20 bits per heavy atom. The fraction of sp³-hybridized carbons (Fsp3) is 0.429. The van der Waals surface area contributed by atoms with Crippen LogP contribution in [0.1, 0.15) is 43.0 Å².